The average Bonchev–Trinajstić information content (AvgIpc) is 2.75. The number of fused-ring (bicyclic) bond motifs is 4. The summed E-state index contributed by atoms with van der Waals surface area (Å²) >= 11 is -0.369. The van der Waals surface area contributed by atoms with Gasteiger partial charge in [-0.15, -0.1) is 0 Å². The summed E-state index contributed by atoms with van der Waals surface area (Å²) < 4.78 is 51.8. The second-order valence-corrected chi connectivity index (χ2v) is 13.1. The summed E-state index contributed by atoms with van der Waals surface area (Å²) in [6, 6.07) is 0. The van der Waals surface area contributed by atoms with E-state index in [0.29, 0.717) is 23.7 Å². The van der Waals surface area contributed by atoms with Gasteiger partial charge in [0.1, 0.15) is 12.7 Å². The lowest BCUT2D eigenvalue weighted by molar-refractivity contribution is -0.177. The van der Waals surface area contributed by atoms with Gasteiger partial charge < -0.3 is 9.47 Å². The SMILES string of the molecule is CC1CC2CCCC(C(=O)OCC(CNSC(F)(F)F)OC(=O)C3(C)CC4CCCC(C4)C3)(C1)C2. The van der Waals surface area contributed by atoms with Crippen molar-refractivity contribution in [2.45, 2.75) is 103 Å². The molecule has 4 rings (SSSR count). The Kier molecular flexibility index (Phi) is 8.36. The molecule has 6 unspecified atom stereocenters. The average molecular weight is 520 g/mol. The summed E-state index contributed by atoms with van der Waals surface area (Å²) in [4.78, 5) is 26.5. The molecule has 0 aromatic heterocycles. The zero-order chi connectivity index (χ0) is 25.3. The van der Waals surface area contributed by atoms with Crippen molar-refractivity contribution in [3.8, 4) is 0 Å². The number of hydrogen-bond acceptors (Lipinski definition) is 6. The first-order valence-corrected chi connectivity index (χ1v) is 14.1. The summed E-state index contributed by atoms with van der Waals surface area (Å²) in [6.45, 7) is 3.63. The Hall–Kier alpha value is -0.960. The van der Waals surface area contributed by atoms with Gasteiger partial charge >= 0.3 is 17.4 Å². The van der Waals surface area contributed by atoms with E-state index in [-0.39, 0.29) is 37.0 Å². The molecule has 9 heteroatoms. The first-order valence-electron chi connectivity index (χ1n) is 13.3. The highest BCUT2D eigenvalue weighted by Gasteiger charge is 2.49. The van der Waals surface area contributed by atoms with Crippen LogP contribution >= 0.6 is 11.9 Å². The summed E-state index contributed by atoms with van der Waals surface area (Å²) in [5, 5.41) is 0. The number of rotatable bonds is 8. The summed E-state index contributed by atoms with van der Waals surface area (Å²) in [7, 11) is 0. The molecule has 5 nitrogen and oxygen atoms in total. The van der Waals surface area contributed by atoms with Crippen LogP contribution < -0.4 is 4.72 Å². The van der Waals surface area contributed by atoms with Crippen molar-refractivity contribution in [3.63, 3.8) is 0 Å². The topological polar surface area (TPSA) is 64.6 Å². The van der Waals surface area contributed by atoms with Crippen molar-refractivity contribution < 1.29 is 32.2 Å². The highest BCUT2D eigenvalue weighted by molar-refractivity contribution is 7.98. The van der Waals surface area contributed by atoms with Crippen molar-refractivity contribution in [1.29, 1.82) is 0 Å². The number of halogens is 3. The molecule has 4 fully saturated rings. The van der Waals surface area contributed by atoms with Gasteiger partial charge in [0.05, 0.1) is 10.8 Å². The second kappa shape index (κ2) is 10.8. The van der Waals surface area contributed by atoms with Crippen molar-refractivity contribution >= 4 is 23.9 Å². The van der Waals surface area contributed by atoms with Gasteiger partial charge in [-0.3, -0.25) is 14.3 Å². The summed E-state index contributed by atoms with van der Waals surface area (Å²) in [6.07, 6.45) is 10.8. The van der Waals surface area contributed by atoms with E-state index in [9.17, 15) is 22.8 Å². The summed E-state index contributed by atoms with van der Waals surface area (Å²) in [5.74, 6) is 1.33. The smallest absolute Gasteiger partial charge is 0.456 e. The Morgan fingerprint density at radius 2 is 1.66 bits per heavy atom. The van der Waals surface area contributed by atoms with Crippen LogP contribution in [0.4, 0.5) is 13.2 Å². The fourth-order valence-electron chi connectivity index (χ4n) is 7.72. The number of esters is 2. The molecule has 0 amide bonds. The fourth-order valence-corrected chi connectivity index (χ4v) is 8.16. The maximum absolute atomic E-state index is 13.3. The third kappa shape index (κ3) is 6.88. The maximum atomic E-state index is 13.3. The molecule has 0 aromatic rings. The zero-order valence-corrected chi connectivity index (χ0v) is 21.8. The molecule has 0 spiro atoms. The fraction of sp³-hybridized carbons (Fsp3) is 0.923. The van der Waals surface area contributed by atoms with Crippen molar-refractivity contribution in [3.05, 3.63) is 0 Å². The zero-order valence-electron chi connectivity index (χ0n) is 21.0. The minimum Gasteiger partial charge on any atom is -0.461 e. The van der Waals surface area contributed by atoms with Crippen LogP contribution in [0.1, 0.15) is 90.9 Å². The quantitative estimate of drug-likeness (QED) is 0.295. The number of nitrogens with one attached hydrogen (secondary N) is 1. The molecule has 200 valence electrons. The van der Waals surface area contributed by atoms with E-state index >= 15 is 0 Å². The molecule has 4 aliphatic rings. The predicted molar refractivity (Wildman–Crippen MR) is 128 cm³/mol. The van der Waals surface area contributed by atoms with Crippen LogP contribution in [0, 0.1) is 34.5 Å². The molecule has 0 aromatic carbocycles. The lowest BCUT2D eigenvalue weighted by Gasteiger charge is -2.46. The Labute approximate surface area is 211 Å². The number of carbonyl (C=O) groups is 2. The van der Waals surface area contributed by atoms with Crippen LogP contribution in [-0.2, 0) is 19.1 Å². The van der Waals surface area contributed by atoms with E-state index in [4.69, 9.17) is 9.47 Å². The second-order valence-electron chi connectivity index (χ2n) is 12.2. The molecule has 4 saturated carbocycles. The molecule has 35 heavy (non-hydrogen) atoms. The lowest BCUT2D eigenvalue weighted by Crippen LogP contribution is -2.46. The van der Waals surface area contributed by atoms with Gasteiger partial charge in [0.2, 0.25) is 0 Å². The third-order valence-electron chi connectivity index (χ3n) is 8.89. The molecule has 0 radical (unpaired) electrons. The van der Waals surface area contributed by atoms with Gasteiger partial charge in [-0.25, -0.2) is 0 Å². The number of ether oxygens (including phenoxy) is 2. The first-order chi connectivity index (χ1) is 16.5. The van der Waals surface area contributed by atoms with Crippen LogP contribution in [0.25, 0.3) is 0 Å². The molecular weight excluding hydrogens is 479 g/mol. The number of hydrogen-bond donors (Lipinski definition) is 1. The van der Waals surface area contributed by atoms with E-state index in [1.165, 1.54) is 6.42 Å². The Balaban J connectivity index is 1.38. The molecule has 4 aliphatic carbocycles. The van der Waals surface area contributed by atoms with Gasteiger partial charge in [0, 0.05) is 18.5 Å². The van der Waals surface area contributed by atoms with Gasteiger partial charge in [-0.05, 0) is 75.5 Å². The minimum atomic E-state index is -4.45. The predicted octanol–water partition coefficient (Wildman–Crippen LogP) is 6.41. The number of carbonyl (C=O) groups excluding carboxylic acids is 2. The van der Waals surface area contributed by atoms with E-state index in [2.05, 4.69) is 11.6 Å². The van der Waals surface area contributed by atoms with Crippen molar-refractivity contribution in [2.24, 2.45) is 34.5 Å². The van der Waals surface area contributed by atoms with Crippen LogP contribution in [0.3, 0.4) is 0 Å². The number of alkyl halides is 3. The Bertz CT molecular complexity index is 762. The molecule has 0 aliphatic heterocycles. The highest BCUT2D eigenvalue weighted by atomic mass is 32.2. The monoisotopic (exact) mass is 519 g/mol. The van der Waals surface area contributed by atoms with Crippen LogP contribution in [0.2, 0.25) is 0 Å². The first kappa shape index (κ1) is 27.1. The Morgan fingerprint density at radius 1 is 1.00 bits per heavy atom. The standard InChI is InChI=1S/C26H40F3NO4S/c1-17-9-18-7-4-8-25(11-17,14-18)23(32)33-16-21(15-30-35-26(27,28)29)34-22(31)24(2)12-19-5-3-6-20(10-19)13-24/h17-21,30H,3-16H2,1-2H3. The van der Waals surface area contributed by atoms with E-state index < -0.39 is 22.4 Å². The Morgan fingerprint density at radius 3 is 2.34 bits per heavy atom. The molecule has 0 saturated heterocycles. The highest BCUT2D eigenvalue weighted by Crippen LogP contribution is 2.52. The van der Waals surface area contributed by atoms with Crippen LogP contribution in [-0.4, -0.2) is 36.7 Å². The van der Waals surface area contributed by atoms with Crippen molar-refractivity contribution in [2.75, 3.05) is 13.2 Å². The van der Waals surface area contributed by atoms with Crippen LogP contribution in [0.5, 0.6) is 0 Å². The normalized spacial score (nSPS) is 37.9. The van der Waals surface area contributed by atoms with Gasteiger partial charge in [0.25, 0.3) is 0 Å². The van der Waals surface area contributed by atoms with Gasteiger partial charge in [-0.1, -0.05) is 39.0 Å². The van der Waals surface area contributed by atoms with E-state index in [1.54, 1.807) is 0 Å². The molecule has 0 heterocycles. The molecule has 4 bridgehead atoms. The largest absolute Gasteiger partial charge is 0.461 e. The van der Waals surface area contributed by atoms with Gasteiger partial charge in [0.15, 0.2) is 0 Å². The third-order valence-corrected chi connectivity index (χ3v) is 9.43. The van der Waals surface area contributed by atoms with Crippen LogP contribution in [0.15, 0.2) is 0 Å². The summed E-state index contributed by atoms with van der Waals surface area (Å²) in [5.41, 5.74) is -5.59. The van der Waals surface area contributed by atoms with Crippen molar-refractivity contribution in [1.82, 2.24) is 4.72 Å². The molecular formula is C26H40F3NO4S. The molecule has 6 atom stereocenters. The molecule has 1 N–H and O–H groups in total. The minimum absolute atomic E-state index is 0.222. The lowest BCUT2D eigenvalue weighted by atomic mass is 9.59. The maximum Gasteiger partial charge on any atom is 0.456 e. The van der Waals surface area contributed by atoms with E-state index in [0.717, 1.165) is 70.6 Å². The van der Waals surface area contributed by atoms with Gasteiger partial charge in [-0.2, -0.15) is 13.2 Å². The van der Waals surface area contributed by atoms with E-state index in [1.807, 2.05) is 6.92 Å².